The van der Waals surface area contributed by atoms with Crippen LogP contribution in [0.1, 0.15) is 29.9 Å². The van der Waals surface area contributed by atoms with Gasteiger partial charge in [0.25, 0.3) is 5.91 Å². The monoisotopic (exact) mass is 345 g/mol. The first kappa shape index (κ1) is 18.5. The highest BCUT2D eigenvalue weighted by Crippen LogP contribution is 2.21. The van der Waals surface area contributed by atoms with E-state index < -0.39 is 12.6 Å². The maximum Gasteiger partial charge on any atom is 0.341 e. The molecule has 0 bridgehead atoms. The van der Waals surface area contributed by atoms with Gasteiger partial charge in [0.2, 0.25) is 0 Å². The smallest absolute Gasteiger partial charge is 0.341 e. The fraction of sp³-hybridized carbons (Fsp3) is 0.389. The molecular formula is C18H23N3O4. The minimum atomic E-state index is -1.04. The molecule has 0 atom stereocenters. The Bertz CT molecular complexity index is 750. The SMILES string of the molecule is Cc1c(C(=O)N(C)c2ccc(OCC(=O)O)cc2)cnn1CC(C)C. The van der Waals surface area contributed by atoms with Crippen molar-refractivity contribution in [2.75, 3.05) is 18.6 Å². The maximum atomic E-state index is 12.7. The maximum absolute atomic E-state index is 12.7. The van der Waals surface area contributed by atoms with Crippen molar-refractivity contribution in [3.8, 4) is 5.75 Å². The third kappa shape index (κ3) is 4.59. The number of aromatic nitrogens is 2. The van der Waals surface area contributed by atoms with Crippen LogP contribution in [0.25, 0.3) is 0 Å². The predicted molar refractivity (Wildman–Crippen MR) is 94.1 cm³/mol. The normalized spacial score (nSPS) is 10.8. The van der Waals surface area contributed by atoms with Gasteiger partial charge < -0.3 is 14.7 Å². The second kappa shape index (κ2) is 7.83. The lowest BCUT2D eigenvalue weighted by atomic mass is 10.2. The number of anilines is 1. The summed E-state index contributed by atoms with van der Waals surface area (Å²) in [4.78, 5) is 24.8. The molecule has 7 heteroatoms. The Labute approximate surface area is 146 Å². The molecule has 2 rings (SSSR count). The Balaban J connectivity index is 2.12. The van der Waals surface area contributed by atoms with Crippen LogP contribution in [-0.2, 0) is 11.3 Å². The van der Waals surface area contributed by atoms with E-state index in [1.54, 1.807) is 37.5 Å². The van der Waals surface area contributed by atoms with Crippen LogP contribution in [0.3, 0.4) is 0 Å². The number of rotatable bonds is 7. The predicted octanol–water partition coefficient (Wildman–Crippen LogP) is 2.59. The zero-order valence-electron chi connectivity index (χ0n) is 14.9. The first-order chi connectivity index (χ1) is 11.8. The van der Waals surface area contributed by atoms with E-state index in [1.807, 2.05) is 11.6 Å². The van der Waals surface area contributed by atoms with Crippen molar-refractivity contribution in [2.45, 2.75) is 27.3 Å². The minimum Gasteiger partial charge on any atom is -0.482 e. The summed E-state index contributed by atoms with van der Waals surface area (Å²) in [6.45, 7) is 6.45. The van der Waals surface area contributed by atoms with Gasteiger partial charge >= 0.3 is 5.97 Å². The Kier molecular flexibility index (Phi) is 5.80. The van der Waals surface area contributed by atoms with Crippen molar-refractivity contribution < 1.29 is 19.4 Å². The number of nitrogens with zero attached hydrogens (tertiary/aromatic N) is 3. The van der Waals surface area contributed by atoms with Gasteiger partial charge in [-0.05, 0) is 37.1 Å². The molecule has 0 saturated heterocycles. The zero-order chi connectivity index (χ0) is 18.6. The molecule has 1 aromatic heterocycles. The number of ether oxygens (including phenoxy) is 1. The van der Waals surface area contributed by atoms with Crippen molar-refractivity contribution >= 4 is 17.6 Å². The standard InChI is InChI=1S/C18H23N3O4/c1-12(2)10-21-13(3)16(9-19-21)18(24)20(4)14-5-7-15(8-6-14)25-11-17(22)23/h5-9,12H,10-11H2,1-4H3,(H,22,23). The van der Waals surface area contributed by atoms with E-state index in [0.29, 0.717) is 22.9 Å². The van der Waals surface area contributed by atoms with Crippen molar-refractivity contribution in [1.82, 2.24) is 9.78 Å². The highest BCUT2D eigenvalue weighted by atomic mass is 16.5. The van der Waals surface area contributed by atoms with Crippen LogP contribution in [0.5, 0.6) is 5.75 Å². The first-order valence-electron chi connectivity index (χ1n) is 8.04. The van der Waals surface area contributed by atoms with Crippen LogP contribution in [0.4, 0.5) is 5.69 Å². The van der Waals surface area contributed by atoms with E-state index in [0.717, 1.165) is 12.2 Å². The summed E-state index contributed by atoms with van der Waals surface area (Å²) in [6, 6.07) is 6.69. The molecule has 1 aromatic carbocycles. The largest absolute Gasteiger partial charge is 0.482 e. The second-order valence-electron chi connectivity index (χ2n) is 6.26. The lowest BCUT2D eigenvalue weighted by Crippen LogP contribution is -2.26. The highest BCUT2D eigenvalue weighted by Gasteiger charge is 2.19. The summed E-state index contributed by atoms with van der Waals surface area (Å²) in [5.41, 5.74) is 2.09. The molecule has 1 amide bonds. The van der Waals surface area contributed by atoms with Gasteiger partial charge in [0.15, 0.2) is 6.61 Å². The topological polar surface area (TPSA) is 84.7 Å². The molecule has 134 valence electrons. The summed E-state index contributed by atoms with van der Waals surface area (Å²) in [5.74, 6) is -0.303. The quantitative estimate of drug-likeness (QED) is 0.834. The van der Waals surface area contributed by atoms with E-state index in [9.17, 15) is 9.59 Å². The Morgan fingerprint density at radius 3 is 2.48 bits per heavy atom. The number of benzene rings is 1. The van der Waals surface area contributed by atoms with Gasteiger partial charge in [0.1, 0.15) is 5.75 Å². The van der Waals surface area contributed by atoms with E-state index in [-0.39, 0.29) is 5.91 Å². The van der Waals surface area contributed by atoms with Gasteiger partial charge in [-0.1, -0.05) is 13.8 Å². The second-order valence-corrected chi connectivity index (χ2v) is 6.26. The number of aliphatic carboxylic acids is 1. The third-order valence-electron chi connectivity index (χ3n) is 3.76. The Morgan fingerprint density at radius 1 is 1.28 bits per heavy atom. The van der Waals surface area contributed by atoms with Crippen LogP contribution >= 0.6 is 0 Å². The molecule has 1 heterocycles. The summed E-state index contributed by atoms with van der Waals surface area (Å²) in [6.07, 6.45) is 1.60. The van der Waals surface area contributed by atoms with Crippen molar-refractivity contribution in [3.05, 3.63) is 41.7 Å². The average molecular weight is 345 g/mol. The van der Waals surface area contributed by atoms with Gasteiger partial charge in [-0.25, -0.2) is 4.79 Å². The number of carboxylic acids is 1. The van der Waals surface area contributed by atoms with Gasteiger partial charge in [-0.15, -0.1) is 0 Å². The summed E-state index contributed by atoms with van der Waals surface area (Å²) in [5, 5.41) is 12.9. The van der Waals surface area contributed by atoms with E-state index in [1.165, 1.54) is 4.90 Å². The third-order valence-corrected chi connectivity index (χ3v) is 3.76. The van der Waals surface area contributed by atoms with Gasteiger partial charge in [0, 0.05) is 25.0 Å². The Morgan fingerprint density at radius 2 is 1.92 bits per heavy atom. The molecule has 0 saturated carbocycles. The van der Waals surface area contributed by atoms with Crippen LogP contribution in [0.2, 0.25) is 0 Å². The van der Waals surface area contributed by atoms with Crippen LogP contribution in [0.15, 0.2) is 30.5 Å². The lowest BCUT2D eigenvalue weighted by molar-refractivity contribution is -0.139. The number of hydrogen-bond acceptors (Lipinski definition) is 4. The number of carbonyl (C=O) groups excluding carboxylic acids is 1. The molecule has 2 aromatic rings. The van der Waals surface area contributed by atoms with Crippen molar-refractivity contribution in [2.24, 2.45) is 5.92 Å². The van der Waals surface area contributed by atoms with Gasteiger partial charge in [-0.3, -0.25) is 9.48 Å². The van der Waals surface area contributed by atoms with Crippen molar-refractivity contribution in [1.29, 1.82) is 0 Å². The highest BCUT2D eigenvalue weighted by molar-refractivity contribution is 6.06. The number of carbonyl (C=O) groups is 2. The summed E-state index contributed by atoms with van der Waals surface area (Å²) in [7, 11) is 1.69. The fourth-order valence-electron chi connectivity index (χ4n) is 2.40. The number of carboxylic acid groups (broad SMARTS) is 1. The number of hydrogen-bond donors (Lipinski definition) is 1. The van der Waals surface area contributed by atoms with E-state index in [4.69, 9.17) is 9.84 Å². The molecule has 7 nitrogen and oxygen atoms in total. The molecular weight excluding hydrogens is 322 g/mol. The fourth-order valence-corrected chi connectivity index (χ4v) is 2.40. The molecule has 25 heavy (non-hydrogen) atoms. The molecule has 0 radical (unpaired) electrons. The van der Waals surface area contributed by atoms with Crippen LogP contribution in [0, 0.1) is 12.8 Å². The molecule has 0 spiro atoms. The zero-order valence-corrected chi connectivity index (χ0v) is 14.9. The molecule has 0 aliphatic heterocycles. The molecule has 1 N–H and O–H groups in total. The number of amides is 1. The molecule has 0 fully saturated rings. The summed E-state index contributed by atoms with van der Waals surface area (Å²) >= 11 is 0. The van der Waals surface area contributed by atoms with E-state index >= 15 is 0 Å². The molecule has 0 unspecified atom stereocenters. The first-order valence-corrected chi connectivity index (χ1v) is 8.04. The molecule has 0 aliphatic rings. The van der Waals surface area contributed by atoms with Crippen LogP contribution < -0.4 is 9.64 Å². The van der Waals surface area contributed by atoms with E-state index in [2.05, 4.69) is 18.9 Å². The van der Waals surface area contributed by atoms with Gasteiger partial charge in [0.05, 0.1) is 11.8 Å². The minimum absolute atomic E-state index is 0.147. The lowest BCUT2D eigenvalue weighted by Gasteiger charge is -2.18. The van der Waals surface area contributed by atoms with Gasteiger partial charge in [-0.2, -0.15) is 5.10 Å². The summed E-state index contributed by atoms with van der Waals surface area (Å²) < 4.78 is 6.93. The molecule has 0 aliphatic carbocycles. The van der Waals surface area contributed by atoms with Crippen molar-refractivity contribution in [3.63, 3.8) is 0 Å². The Hall–Kier alpha value is -2.83. The van der Waals surface area contributed by atoms with Crippen LogP contribution in [-0.4, -0.2) is 40.4 Å². The average Bonchev–Trinajstić information content (AvgIpc) is 2.92.